The Balaban J connectivity index is 1.46. The zero-order valence-electron chi connectivity index (χ0n) is 18.1. The third-order valence-corrected chi connectivity index (χ3v) is 7.12. The first-order chi connectivity index (χ1) is 14.5. The first kappa shape index (κ1) is 20.4. The standard InChI is InChI=1S/C24H28N4OS/c1-17-9-8-12-21(18(17)2)27-13-15-28(16-14-27)23(29)22-19(3)25-24(30-22)26(4)20-10-6-5-7-11-20/h5-12H,13-16H2,1-4H3. The molecule has 5 nitrogen and oxygen atoms in total. The van der Waals surface area contributed by atoms with E-state index in [0.29, 0.717) is 0 Å². The second-order valence-corrected chi connectivity index (χ2v) is 8.78. The van der Waals surface area contributed by atoms with Gasteiger partial charge in [-0.25, -0.2) is 4.98 Å². The summed E-state index contributed by atoms with van der Waals surface area (Å²) in [4.78, 5) is 25.0. The van der Waals surface area contributed by atoms with Gasteiger partial charge in [-0.05, 0) is 50.1 Å². The molecule has 0 radical (unpaired) electrons. The third-order valence-electron chi connectivity index (χ3n) is 5.89. The van der Waals surface area contributed by atoms with Gasteiger partial charge < -0.3 is 14.7 Å². The second kappa shape index (κ2) is 8.48. The molecule has 3 aromatic rings. The molecule has 0 saturated carbocycles. The Hall–Kier alpha value is -2.86. The quantitative estimate of drug-likeness (QED) is 0.608. The van der Waals surface area contributed by atoms with Crippen molar-refractivity contribution in [3.8, 4) is 0 Å². The molecule has 0 aliphatic carbocycles. The topological polar surface area (TPSA) is 39.7 Å². The molecule has 0 spiro atoms. The Bertz CT molecular complexity index is 1040. The molecule has 0 unspecified atom stereocenters. The molecule has 1 saturated heterocycles. The Morgan fingerprint density at radius 3 is 2.37 bits per heavy atom. The van der Waals surface area contributed by atoms with Crippen LogP contribution in [0.2, 0.25) is 0 Å². The van der Waals surface area contributed by atoms with Crippen molar-refractivity contribution in [2.24, 2.45) is 0 Å². The molecule has 4 rings (SSSR count). The van der Waals surface area contributed by atoms with E-state index in [4.69, 9.17) is 0 Å². The molecule has 1 aliphatic heterocycles. The second-order valence-electron chi connectivity index (χ2n) is 7.80. The van der Waals surface area contributed by atoms with Gasteiger partial charge >= 0.3 is 0 Å². The van der Waals surface area contributed by atoms with Crippen LogP contribution in [0.25, 0.3) is 0 Å². The number of amides is 1. The highest BCUT2D eigenvalue weighted by molar-refractivity contribution is 7.17. The highest BCUT2D eigenvalue weighted by Gasteiger charge is 2.27. The summed E-state index contributed by atoms with van der Waals surface area (Å²) in [5.74, 6) is 0.0957. The highest BCUT2D eigenvalue weighted by atomic mass is 32.1. The molecule has 30 heavy (non-hydrogen) atoms. The molecule has 1 aliphatic rings. The summed E-state index contributed by atoms with van der Waals surface area (Å²) in [6.45, 7) is 9.41. The fourth-order valence-electron chi connectivity index (χ4n) is 3.86. The summed E-state index contributed by atoms with van der Waals surface area (Å²) in [6.07, 6.45) is 0. The average Bonchev–Trinajstić information content (AvgIpc) is 3.17. The van der Waals surface area contributed by atoms with Gasteiger partial charge in [-0.3, -0.25) is 4.79 Å². The molecular formula is C24H28N4OS. The summed E-state index contributed by atoms with van der Waals surface area (Å²) in [5.41, 5.74) is 5.78. The predicted molar refractivity (Wildman–Crippen MR) is 125 cm³/mol. The van der Waals surface area contributed by atoms with E-state index in [1.807, 2.05) is 54.1 Å². The number of hydrogen-bond acceptors (Lipinski definition) is 5. The van der Waals surface area contributed by atoms with E-state index in [1.54, 1.807) is 0 Å². The summed E-state index contributed by atoms with van der Waals surface area (Å²) in [5, 5.41) is 0.844. The molecule has 0 bridgehead atoms. The van der Waals surface area contributed by atoms with Crippen LogP contribution in [0.5, 0.6) is 0 Å². The molecular weight excluding hydrogens is 392 g/mol. The summed E-state index contributed by atoms with van der Waals surface area (Å²) < 4.78 is 0. The number of piperazine rings is 1. The van der Waals surface area contributed by atoms with Crippen LogP contribution in [-0.4, -0.2) is 49.0 Å². The van der Waals surface area contributed by atoms with Gasteiger partial charge in [-0.1, -0.05) is 41.7 Å². The Labute approximate surface area is 182 Å². The third kappa shape index (κ3) is 3.92. The normalized spacial score (nSPS) is 14.1. The molecule has 0 atom stereocenters. The van der Waals surface area contributed by atoms with Gasteiger partial charge in [0.25, 0.3) is 5.91 Å². The molecule has 2 aromatic carbocycles. The van der Waals surface area contributed by atoms with E-state index in [9.17, 15) is 4.79 Å². The largest absolute Gasteiger partial charge is 0.368 e. The lowest BCUT2D eigenvalue weighted by atomic mass is 10.1. The molecule has 1 aromatic heterocycles. The van der Waals surface area contributed by atoms with Gasteiger partial charge in [0.15, 0.2) is 5.13 Å². The smallest absolute Gasteiger partial charge is 0.266 e. The van der Waals surface area contributed by atoms with Crippen molar-refractivity contribution in [2.75, 3.05) is 43.0 Å². The van der Waals surface area contributed by atoms with Crippen LogP contribution in [0.4, 0.5) is 16.5 Å². The highest BCUT2D eigenvalue weighted by Crippen LogP contribution is 2.31. The van der Waals surface area contributed by atoms with Crippen LogP contribution in [0.3, 0.4) is 0 Å². The van der Waals surface area contributed by atoms with Crippen molar-refractivity contribution in [1.29, 1.82) is 0 Å². The minimum absolute atomic E-state index is 0.0957. The SMILES string of the molecule is Cc1cccc(N2CCN(C(=O)c3sc(N(C)c4ccccc4)nc3C)CC2)c1C. The molecule has 6 heteroatoms. The summed E-state index contributed by atoms with van der Waals surface area (Å²) in [6, 6.07) is 16.5. The van der Waals surface area contributed by atoms with Gasteiger partial charge in [0.1, 0.15) is 4.88 Å². The van der Waals surface area contributed by atoms with Crippen molar-refractivity contribution in [2.45, 2.75) is 20.8 Å². The lowest BCUT2D eigenvalue weighted by molar-refractivity contribution is 0.0750. The van der Waals surface area contributed by atoms with E-state index in [2.05, 4.69) is 41.9 Å². The zero-order chi connectivity index (χ0) is 21.3. The number of para-hydroxylation sites is 1. The van der Waals surface area contributed by atoms with Crippen LogP contribution in [0.1, 0.15) is 26.5 Å². The molecule has 2 heterocycles. The predicted octanol–water partition coefficient (Wildman–Crippen LogP) is 4.80. The van der Waals surface area contributed by atoms with Crippen molar-refractivity contribution < 1.29 is 4.79 Å². The van der Waals surface area contributed by atoms with Gasteiger partial charge in [0, 0.05) is 44.6 Å². The number of hydrogen-bond donors (Lipinski definition) is 0. The number of carbonyl (C=O) groups is 1. The average molecular weight is 421 g/mol. The lowest BCUT2D eigenvalue weighted by Crippen LogP contribution is -2.49. The van der Waals surface area contributed by atoms with Crippen molar-refractivity contribution in [3.63, 3.8) is 0 Å². The first-order valence-electron chi connectivity index (χ1n) is 10.3. The van der Waals surface area contributed by atoms with Crippen molar-refractivity contribution in [3.05, 3.63) is 70.2 Å². The lowest BCUT2D eigenvalue weighted by Gasteiger charge is -2.37. The van der Waals surface area contributed by atoms with Crippen LogP contribution in [-0.2, 0) is 0 Å². The number of benzene rings is 2. The Morgan fingerprint density at radius 2 is 1.67 bits per heavy atom. The van der Waals surface area contributed by atoms with E-state index >= 15 is 0 Å². The van der Waals surface area contributed by atoms with E-state index in [0.717, 1.165) is 47.6 Å². The fourth-order valence-corrected chi connectivity index (χ4v) is 4.88. The van der Waals surface area contributed by atoms with Crippen LogP contribution < -0.4 is 9.80 Å². The van der Waals surface area contributed by atoms with Gasteiger partial charge in [-0.15, -0.1) is 0 Å². The van der Waals surface area contributed by atoms with Crippen LogP contribution in [0, 0.1) is 20.8 Å². The van der Waals surface area contributed by atoms with Crippen LogP contribution in [0.15, 0.2) is 48.5 Å². The minimum atomic E-state index is 0.0957. The number of nitrogens with zero attached hydrogens (tertiary/aromatic N) is 4. The van der Waals surface area contributed by atoms with E-state index in [1.165, 1.54) is 28.2 Å². The fraction of sp³-hybridized carbons (Fsp3) is 0.333. The minimum Gasteiger partial charge on any atom is -0.368 e. The summed E-state index contributed by atoms with van der Waals surface area (Å²) in [7, 11) is 1.99. The van der Waals surface area contributed by atoms with Gasteiger partial charge in [0.2, 0.25) is 0 Å². The van der Waals surface area contributed by atoms with Gasteiger partial charge in [0.05, 0.1) is 5.69 Å². The zero-order valence-corrected chi connectivity index (χ0v) is 18.9. The summed E-state index contributed by atoms with van der Waals surface area (Å²) >= 11 is 1.48. The Kier molecular flexibility index (Phi) is 5.77. The maximum absolute atomic E-state index is 13.2. The number of thiazole rings is 1. The van der Waals surface area contributed by atoms with Crippen LogP contribution >= 0.6 is 11.3 Å². The molecule has 0 N–H and O–H groups in total. The van der Waals surface area contributed by atoms with Gasteiger partial charge in [-0.2, -0.15) is 0 Å². The maximum Gasteiger partial charge on any atom is 0.266 e. The van der Waals surface area contributed by atoms with E-state index in [-0.39, 0.29) is 5.91 Å². The number of rotatable bonds is 4. The number of aromatic nitrogens is 1. The first-order valence-corrected chi connectivity index (χ1v) is 11.1. The number of carbonyl (C=O) groups excluding carboxylic acids is 1. The monoisotopic (exact) mass is 420 g/mol. The van der Waals surface area contributed by atoms with E-state index < -0.39 is 0 Å². The molecule has 1 fully saturated rings. The van der Waals surface area contributed by atoms with Crippen molar-refractivity contribution in [1.82, 2.24) is 9.88 Å². The number of aryl methyl sites for hydroxylation is 2. The molecule has 156 valence electrons. The number of anilines is 3. The molecule has 1 amide bonds. The Morgan fingerprint density at radius 1 is 0.967 bits per heavy atom. The van der Waals surface area contributed by atoms with Crippen molar-refractivity contribution >= 4 is 33.8 Å². The maximum atomic E-state index is 13.2.